The number of hydrogen-bond donors (Lipinski definition) is 0. The van der Waals surface area contributed by atoms with Gasteiger partial charge in [-0.05, 0) is 49.8 Å². The highest BCUT2D eigenvalue weighted by atomic mass is 79.9. The third-order valence-electron chi connectivity index (χ3n) is 6.25. The Balaban J connectivity index is 1.92. The lowest BCUT2D eigenvalue weighted by Crippen LogP contribution is -2.47. The summed E-state index contributed by atoms with van der Waals surface area (Å²) in [6.07, 6.45) is 4.06. The molecule has 0 radical (unpaired) electrons. The molecule has 9 heteroatoms. The van der Waals surface area contributed by atoms with Crippen LogP contribution in [-0.4, -0.2) is 62.2 Å². The van der Waals surface area contributed by atoms with Gasteiger partial charge in [-0.25, -0.2) is 8.42 Å². The summed E-state index contributed by atoms with van der Waals surface area (Å²) < 4.78 is 29.7. The van der Waals surface area contributed by atoms with E-state index in [1.807, 2.05) is 24.8 Å². The van der Waals surface area contributed by atoms with Crippen LogP contribution in [0.4, 0.5) is 5.69 Å². The zero-order valence-electron chi connectivity index (χ0n) is 19.3. The fraction of sp³-hybridized carbons (Fsp3) is 0.652. The highest BCUT2D eigenvalue weighted by Crippen LogP contribution is 2.40. The zero-order valence-corrected chi connectivity index (χ0v) is 21.7. The number of fused-ring (bicyclic) bond motifs is 1. The lowest BCUT2D eigenvalue weighted by atomic mass is 9.98. The van der Waals surface area contributed by atoms with E-state index in [0.29, 0.717) is 62.0 Å². The van der Waals surface area contributed by atoms with E-state index in [0.717, 1.165) is 18.4 Å². The largest absolute Gasteiger partial charge is 0.342 e. The number of rotatable bonds is 8. The van der Waals surface area contributed by atoms with Crippen molar-refractivity contribution >= 4 is 43.5 Å². The molecule has 1 aromatic rings. The van der Waals surface area contributed by atoms with Gasteiger partial charge in [0.05, 0.1) is 11.6 Å². The molecule has 0 saturated carbocycles. The van der Waals surface area contributed by atoms with Gasteiger partial charge >= 0.3 is 0 Å². The minimum Gasteiger partial charge on any atom is -0.342 e. The number of hydrogen-bond acceptors (Lipinski definition) is 4. The number of carbonyl (C=O) groups is 2. The van der Waals surface area contributed by atoms with Crippen molar-refractivity contribution in [1.29, 1.82) is 0 Å². The van der Waals surface area contributed by atoms with Gasteiger partial charge in [0, 0.05) is 43.6 Å². The third-order valence-corrected chi connectivity index (χ3v) is 8.58. The number of sulfonamides is 1. The van der Waals surface area contributed by atoms with Gasteiger partial charge in [-0.15, -0.1) is 0 Å². The second-order valence-corrected chi connectivity index (χ2v) is 11.4. The molecule has 0 aliphatic carbocycles. The first kappa shape index (κ1) is 25.2. The van der Waals surface area contributed by atoms with Crippen LogP contribution in [0.3, 0.4) is 0 Å². The molecule has 2 aliphatic heterocycles. The van der Waals surface area contributed by atoms with Gasteiger partial charge in [0.25, 0.3) is 0 Å². The van der Waals surface area contributed by atoms with Crippen LogP contribution >= 0.6 is 15.9 Å². The Labute approximate surface area is 200 Å². The monoisotopic (exact) mass is 527 g/mol. The molecule has 0 bridgehead atoms. The molecule has 1 atom stereocenters. The number of piperidine rings is 1. The van der Waals surface area contributed by atoms with Crippen molar-refractivity contribution in [3.63, 3.8) is 0 Å². The first-order chi connectivity index (χ1) is 15.2. The molecule has 1 fully saturated rings. The minimum absolute atomic E-state index is 0.0517. The smallest absolute Gasteiger partial charge is 0.245 e. The predicted molar refractivity (Wildman–Crippen MR) is 129 cm³/mol. The van der Waals surface area contributed by atoms with Crippen LogP contribution in [0.1, 0.15) is 58.4 Å². The summed E-state index contributed by atoms with van der Waals surface area (Å²) in [4.78, 5) is 29.3. The van der Waals surface area contributed by atoms with Crippen molar-refractivity contribution in [3.05, 3.63) is 22.2 Å². The Kier molecular flexibility index (Phi) is 8.38. The van der Waals surface area contributed by atoms with Crippen LogP contribution in [0, 0.1) is 5.92 Å². The molecule has 178 valence electrons. The first-order valence-electron chi connectivity index (χ1n) is 11.7. The maximum absolute atomic E-state index is 13.8. The summed E-state index contributed by atoms with van der Waals surface area (Å²) in [5, 5.41) is 0. The van der Waals surface area contributed by atoms with Gasteiger partial charge in [-0.2, -0.15) is 4.31 Å². The first-order valence-corrected chi connectivity index (χ1v) is 13.9. The van der Waals surface area contributed by atoms with Crippen molar-refractivity contribution in [2.45, 2.75) is 64.2 Å². The van der Waals surface area contributed by atoms with Gasteiger partial charge < -0.3 is 9.80 Å². The Morgan fingerprint density at radius 3 is 2.44 bits per heavy atom. The molecule has 0 unspecified atom stereocenters. The van der Waals surface area contributed by atoms with E-state index in [1.54, 1.807) is 17.9 Å². The molecule has 0 N–H and O–H groups in total. The van der Waals surface area contributed by atoms with Crippen LogP contribution in [-0.2, 0) is 26.0 Å². The van der Waals surface area contributed by atoms with Crippen LogP contribution in [0.25, 0.3) is 0 Å². The van der Waals surface area contributed by atoms with E-state index < -0.39 is 10.0 Å². The lowest BCUT2D eigenvalue weighted by molar-refractivity contribution is -0.136. The van der Waals surface area contributed by atoms with Crippen molar-refractivity contribution in [1.82, 2.24) is 9.21 Å². The molecule has 1 aromatic carbocycles. The molecule has 3 rings (SSSR count). The number of anilines is 1. The maximum atomic E-state index is 13.8. The summed E-state index contributed by atoms with van der Waals surface area (Å²) in [5.74, 6) is -0.356. The van der Waals surface area contributed by atoms with Gasteiger partial charge in [0.1, 0.15) is 4.90 Å². The van der Waals surface area contributed by atoms with Crippen LogP contribution in [0.2, 0.25) is 0 Å². The minimum atomic E-state index is -3.86. The third kappa shape index (κ3) is 5.04. The Hall–Kier alpha value is -1.45. The molecular weight excluding hydrogens is 494 g/mol. The van der Waals surface area contributed by atoms with Crippen LogP contribution in [0.5, 0.6) is 0 Å². The summed E-state index contributed by atoms with van der Waals surface area (Å²) in [7, 11) is -3.86. The average Bonchev–Trinajstić information content (AvgIpc) is 3.21. The summed E-state index contributed by atoms with van der Waals surface area (Å²) in [6.45, 7) is 8.34. The molecule has 2 heterocycles. The number of benzene rings is 1. The topological polar surface area (TPSA) is 78.0 Å². The number of halogens is 1. The predicted octanol–water partition coefficient (Wildman–Crippen LogP) is 3.80. The van der Waals surface area contributed by atoms with Crippen molar-refractivity contribution in [2.75, 3.05) is 37.6 Å². The average molecular weight is 529 g/mol. The van der Waals surface area contributed by atoms with E-state index in [4.69, 9.17) is 0 Å². The molecule has 0 aromatic heterocycles. The summed E-state index contributed by atoms with van der Waals surface area (Å²) in [5.41, 5.74) is 1.37. The number of carbonyl (C=O) groups excluding carboxylic acids is 2. The second kappa shape index (κ2) is 10.7. The SMILES string of the molecule is CCCN(CCC)C(=O)[C@H]1CCCN(S(=O)(=O)c2cc(Br)cc3c2N(C(=O)CC)CC3)C1. The molecule has 1 saturated heterocycles. The van der Waals surface area contributed by atoms with E-state index in [-0.39, 0.29) is 29.2 Å². The van der Waals surface area contributed by atoms with E-state index in [1.165, 1.54) is 4.31 Å². The molecule has 2 amide bonds. The van der Waals surface area contributed by atoms with Gasteiger partial charge in [-0.3, -0.25) is 9.59 Å². The van der Waals surface area contributed by atoms with Crippen molar-refractivity contribution in [2.24, 2.45) is 5.92 Å². The highest BCUT2D eigenvalue weighted by Gasteiger charge is 2.39. The second-order valence-electron chi connectivity index (χ2n) is 8.59. The Bertz CT molecular complexity index is 960. The summed E-state index contributed by atoms with van der Waals surface area (Å²) in [6, 6.07) is 3.49. The number of nitrogens with zero attached hydrogens (tertiary/aromatic N) is 3. The fourth-order valence-electron chi connectivity index (χ4n) is 4.74. The van der Waals surface area contributed by atoms with Crippen molar-refractivity contribution in [3.8, 4) is 0 Å². The van der Waals surface area contributed by atoms with Crippen molar-refractivity contribution < 1.29 is 18.0 Å². The van der Waals surface area contributed by atoms with E-state index in [2.05, 4.69) is 15.9 Å². The fourth-order valence-corrected chi connectivity index (χ4v) is 7.18. The highest BCUT2D eigenvalue weighted by molar-refractivity contribution is 9.10. The van der Waals surface area contributed by atoms with Crippen LogP contribution < -0.4 is 4.90 Å². The Morgan fingerprint density at radius 2 is 1.81 bits per heavy atom. The zero-order chi connectivity index (χ0) is 23.5. The molecule has 2 aliphatic rings. The van der Waals surface area contributed by atoms with E-state index in [9.17, 15) is 18.0 Å². The summed E-state index contributed by atoms with van der Waals surface area (Å²) >= 11 is 3.45. The quantitative estimate of drug-likeness (QED) is 0.515. The van der Waals surface area contributed by atoms with E-state index >= 15 is 0 Å². The normalized spacial score (nSPS) is 19.1. The number of amides is 2. The molecule has 7 nitrogen and oxygen atoms in total. The molecule has 0 spiro atoms. The molecular formula is C23H34BrN3O4S. The molecule has 32 heavy (non-hydrogen) atoms. The van der Waals surface area contributed by atoms with Gasteiger partial charge in [-0.1, -0.05) is 36.7 Å². The standard InChI is InChI=1S/C23H34BrN3O4S/c1-4-10-25(11-5-2)23(29)18-8-7-12-26(16-18)32(30,31)20-15-19(24)14-17-9-13-27(22(17)20)21(28)6-3/h14-15,18H,4-13,16H2,1-3H3/t18-/m0/s1. The lowest BCUT2D eigenvalue weighted by Gasteiger charge is -2.35. The Morgan fingerprint density at radius 1 is 1.12 bits per heavy atom. The van der Waals surface area contributed by atoms with Gasteiger partial charge in [0.15, 0.2) is 0 Å². The van der Waals surface area contributed by atoms with Gasteiger partial charge in [0.2, 0.25) is 21.8 Å². The van der Waals surface area contributed by atoms with Crippen LogP contribution in [0.15, 0.2) is 21.5 Å². The maximum Gasteiger partial charge on any atom is 0.245 e.